The second-order valence-corrected chi connectivity index (χ2v) is 4.11. The van der Waals surface area contributed by atoms with E-state index in [1.54, 1.807) is 12.3 Å². The summed E-state index contributed by atoms with van der Waals surface area (Å²) in [6, 6.07) is 3.66. The SMILES string of the molecule is C=CCC(C)NC(C)C(=O)NCc1ccco1. The van der Waals surface area contributed by atoms with Crippen molar-refractivity contribution in [3.8, 4) is 0 Å². The molecule has 1 heterocycles. The number of hydrogen-bond donors (Lipinski definition) is 2. The van der Waals surface area contributed by atoms with Gasteiger partial charge in [-0.25, -0.2) is 0 Å². The maximum Gasteiger partial charge on any atom is 0.237 e. The molecule has 0 fully saturated rings. The number of rotatable bonds is 7. The van der Waals surface area contributed by atoms with Gasteiger partial charge in [-0.1, -0.05) is 6.08 Å². The van der Waals surface area contributed by atoms with Gasteiger partial charge in [0.1, 0.15) is 5.76 Å². The molecule has 0 aromatic carbocycles. The van der Waals surface area contributed by atoms with E-state index in [4.69, 9.17) is 4.42 Å². The van der Waals surface area contributed by atoms with Gasteiger partial charge in [0.15, 0.2) is 0 Å². The molecule has 1 rings (SSSR count). The molecule has 2 unspecified atom stereocenters. The molecule has 0 saturated carbocycles. The molecule has 1 aromatic heterocycles. The van der Waals surface area contributed by atoms with Gasteiger partial charge in [-0.3, -0.25) is 4.79 Å². The highest BCUT2D eigenvalue weighted by molar-refractivity contribution is 5.81. The lowest BCUT2D eigenvalue weighted by Crippen LogP contribution is -2.45. The molecule has 4 heteroatoms. The predicted octanol–water partition coefficient (Wildman–Crippen LogP) is 1.84. The van der Waals surface area contributed by atoms with Gasteiger partial charge in [0.25, 0.3) is 0 Å². The molecule has 0 bridgehead atoms. The van der Waals surface area contributed by atoms with Gasteiger partial charge < -0.3 is 15.1 Å². The maximum absolute atomic E-state index is 11.7. The Bertz CT molecular complexity index is 346. The zero-order valence-electron chi connectivity index (χ0n) is 10.4. The molecule has 0 saturated heterocycles. The molecule has 0 spiro atoms. The van der Waals surface area contributed by atoms with E-state index >= 15 is 0 Å². The molecule has 17 heavy (non-hydrogen) atoms. The second kappa shape index (κ2) is 6.91. The van der Waals surface area contributed by atoms with Crippen LogP contribution >= 0.6 is 0 Å². The van der Waals surface area contributed by atoms with Crippen molar-refractivity contribution in [1.29, 1.82) is 0 Å². The average molecular weight is 236 g/mol. The second-order valence-electron chi connectivity index (χ2n) is 4.11. The Morgan fingerprint density at radius 3 is 2.94 bits per heavy atom. The summed E-state index contributed by atoms with van der Waals surface area (Å²) >= 11 is 0. The number of furan rings is 1. The quantitative estimate of drug-likeness (QED) is 0.710. The minimum absolute atomic E-state index is 0.0303. The van der Waals surface area contributed by atoms with E-state index in [1.807, 2.05) is 26.0 Å². The van der Waals surface area contributed by atoms with Gasteiger partial charge in [-0.15, -0.1) is 6.58 Å². The van der Waals surface area contributed by atoms with Gasteiger partial charge in [0.2, 0.25) is 5.91 Å². The van der Waals surface area contributed by atoms with Crippen molar-refractivity contribution in [2.75, 3.05) is 0 Å². The van der Waals surface area contributed by atoms with E-state index in [9.17, 15) is 4.79 Å². The van der Waals surface area contributed by atoms with Gasteiger partial charge in [0.05, 0.1) is 18.8 Å². The summed E-state index contributed by atoms with van der Waals surface area (Å²) in [6.45, 7) is 7.96. The van der Waals surface area contributed by atoms with Crippen LogP contribution in [0, 0.1) is 0 Å². The third-order valence-corrected chi connectivity index (χ3v) is 2.46. The lowest BCUT2D eigenvalue weighted by Gasteiger charge is -2.18. The van der Waals surface area contributed by atoms with Gasteiger partial charge in [-0.05, 0) is 32.4 Å². The maximum atomic E-state index is 11.7. The van der Waals surface area contributed by atoms with Crippen molar-refractivity contribution in [2.24, 2.45) is 0 Å². The predicted molar refractivity (Wildman–Crippen MR) is 67.4 cm³/mol. The van der Waals surface area contributed by atoms with Crippen LogP contribution in [-0.4, -0.2) is 18.0 Å². The van der Waals surface area contributed by atoms with E-state index in [0.29, 0.717) is 6.54 Å². The Morgan fingerprint density at radius 1 is 1.59 bits per heavy atom. The lowest BCUT2D eigenvalue weighted by atomic mass is 10.2. The zero-order valence-corrected chi connectivity index (χ0v) is 10.4. The van der Waals surface area contributed by atoms with Gasteiger partial charge in [-0.2, -0.15) is 0 Å². The van der Waals surface area contributed by atoms with Crippen LogP contribution in [-0.2, 0) is 11.3 Å². The van der Waals surface area contributed by atoms with Gasteiger partial charge in [0, 0.05) is 6.04 Å². The number of carbonyl (C=O) groups is 1. The molecule has 94 valence electrons. The molecule has 0 aliphatic heterocycles. The average Bonchev–Trinajstić information content (AvgIpc) is 2.78. The smallest absolute Gasteiger partial charge is 0.237 e. The first-order chi connectivity index (χ1) is 8.13. The normalized spacial score (nSPS) is 14.0. The minimum Gasteiger partial charge on any atom is -0.467 e. The molecule has 0 aliphatic carbocycles. The third-order valence-electron chi connectivity index (χ3n) is 2.46. The molecular weight excluding hydrogens is 216 g/mol. The van der Waals surface area contributed by atoms with Crippen LogP contribution in [0.5, 0.6) is 0 Å². The Labute approximate surface area is 102 Å². The largest absolute Gasteiger partial charge is 0.467 e. The molecule has 2 N–H and O–H groups in total. The molecule has 1 aromatic rings. The van der Waals surface area contributed by atoms with Crippen molar-refractivity contribution in [1.82, 2.24) is 10.6 Å². The fourth-order valence-corrected chi connectivity index (χ4v) is 1.56. The fraction of sp³-hybridized carbons (Fsp3) is 0.462. The highest BCUT2D eigenvalue weighted by Gasteiger charge is 2.14. The molecule has 2 atom stereocenters. The van der Waals surface area contributed by atoms with Crippen LogP contribution in [0.1, 0.15) is 26.0 Å². The molecule has 4 nitrogen and oxygen atoms in total. The summed E-state index contributed by atoms with van der Waals surface area (Å²) in [4.78, 5) is 11.7. The molecule has 0 radical (unpaired) electrons. The number of amides is 1. The van der Waals surface area contributed by atoms with Crippen molar-refractivity contribution in [3.05, 3.63) is 36.8 Å². The van der Waals surface area contributed by atoms with Crippen molar-refractivity contribution in [2.45, 2.75) is 38.9 Å². The number of hydrogen-bond acceptors (Lipinski definition) is 3. The van der Waals surface area contributed by atoms with Crippen LogP contribution in [0.4, 0.5) is 0 Å². The van der Waals surface area contributed by atoms with Crippen LogP contribution < -0.4 is 10.6 Å². The van der Waals surface area contributed by atoms with Crippen LogP contribution in [0.25, 0.3) is 0 Å². The standard InChI is InChI=1S/C13H20N2O2/c1-4-6-10(2)15-11(3)13(16)14-9-12-7-5-8-17-12/h4-5,7-8,10-11,15H,1,6,9H2,2-3H3,(H,14,16). The van der Waals surface area contributed by atoms with E-state index in [-0.39, 0.29) is 18.0 Å². The highest BCUT2D eigenvalue weighted by atomic mass is 16.3. The summed E-state index contributed by atoms with van der Waals surface area (Å²) in [5.74, 6) is 0.724. The summed E-state index contributed by atoms with van der Waals surface area (Å²) < 4.78 is 5.13. The van der Waals surface area contributed by atoms with Crippen LogP contribution in [0.3, 0.4) is 0 Å². The Morgan fingerprint density at radius 2 is 2.35 bits per heavy atom. The zero-order chi connectivity index (χ0) is 12.7. The number of carbonyl (C=O) groups excluding carboxylic acids is 1. The Balaban J connectivity index is 2.29. The van der Waals surface area contributed by atoms with E-state index in [1.165, 1.54) is 0 Å². The van der Waals surface area contributed by atoms with E-state index in [2.05, 4.69) is 17.2 Å². The third kappa shape index (κ3) is 4.87. The lowest BCUT2D eigenvalue weighted by molar-refractivity contribution is -0.123. The van der Waals surface area contributed by atoms with Crippen molar-refractivity contribution < 1.29 is 9.21 Å². The first kappa shape index (κ1) is 13.5. The van der Waals surface area contributed by atoms with E-state index < -0.39 is 0 Å². The first-order valence-electron chi connectivity index (χ1n) is 5.80. The first-order valence-corrected chi connectivity index (χ1v) is 5.80. The highest BCUT2D eigenvalue weighted by Crippen LogP contribution is 1.99. The van der Waals surface area contributed by atoms with Crippen molar-refractivity contribution >= 4 is 5.91 Å². The van der Waals surface area contributed by atoms with Crippen molar-refractivity contribution in [3.63, 3.8) is 0 Å². The molecule has 0 aliphatic rings. The summed E-state index contributed by atoms with van der Waals surface area (Å²) in [5.41, 5.74) is 0. The van der Waals surface area contributed by atoms with Crippen LogP contribution in [0.2, 0.25) is 0 Å². The summed E-state index contributed by atoms with van der Waals surface area (Å²) in [5, 5.41) is 6.01. The number of nitrogens with one attached hydrogen (secondary N) is 2. The topological polar surface area (TPSA) is 54.3 Å². The van der Waals surface area contributed by atoms with Crippen LogP contribution in [0.15, 0.2) is 35.5 Å². The monoisotopic (exact) mass is 236 g/mol. The summed E-state index contributed by atoms with van der Waals surface area (Å²) in [6.07, 6.45) is 4.27. The van der Waals surface area contributed by atoms with E-state index in [0.717, 1.165) is 12.2 Å². The summed E-state index contributed by atoms with van der Waals surface area (Å²) in [7, 11) is 0. The molecule has 1 amide bonds. The Hall–Kier alpha value is -1.55. The fourth-order valence-electron chi connectivity index (χ4n) is 1.56. The Kier molecular flexibility index (Phi) is 5.49. The van der Waals surface area contributed by atoms with Gasteiger partial charge >= 0.3 is 0 Å². The minimum atomic E-state index is -0.222. The molecular formula is C13H20N2O2.